The number of halogens is 1. The topological polar surface area (TPSA) is 32.0 Å². The minimum Gasteiger partial charge on any atom is -0.334 e. The number of hydrogen-bond donors (Lipinski definition) is 0. The molecule has 1 aromatic heterocycles. The summed E-state index contributed by atoms with van der Waals surface area (Å²) < 4.78 is 3.11. The van der Waals surface area contributed by atoms with E-state index in [1.165, 1.54) is 12.8 Å². The highest BCUT2D eigenvalue weighted by Gasteiger charge is 2.25. The Bertz CT molecular complexity index is 426. The lowest BCUT2D eigenvalue weighted by molar-refractivity contribution is 0.308. The fourth-order valence-electron chi connectivity index (χ4n) is 1.95. The van der Waals surface area contributed by atoms with Crippen LogP contribution in [0.2, 0.25) is 0 Å². The minimum atomic E-state index is 0.744. The molecule has 1 saturated carbocycles. The number of likely N-dealkylation sites (N-methyl/N-ethyl adjacent to an activating group) is 1. The Morgan fingerprint density at radius 2 is 2.31 bits per heavy atom. The van der Waals surface area contributed by atoms with Crippen LogP contribution in [0.4, 0.5) is 0 Å². The van der Waals surface area contributed by atoms with Crippen molar-refractivity contribution in [2.24, 2.45) is 0 Å². The van der Waals surface area contributed by atoms with E-state index < -0.39 is 0 Å². The molecular weight excluding hydrogens is 266 g/mol. The lowest BCUT2D eigenvalue weighted by Gasteiger charge is -2.17. The summed E-state index contributed by atoms with van der Waals surface area (Å²) >= 11 is 3.47. The normalized spacial score (nSPS) is 15.4. The SMILES string of the molecule is Cc1c(Br)cc(C#N)n1CCN(C)C1CC1. The van der Waals surface area contributed by atoms with Crippen LogP contribution in [-0.4, -0.2) is 29.1 Å². The molecule has 16 heavy (non-hydrogen) atoms. The Kier molecular flexibility index (Phi) is 3.36. The molecule has 1 aliphatic carbocycles. The van der Waals surface area contributed by atoms with Gasteiger partial charge < -0.3 is 9.47 Å². The molecule has 3 nitrogen and oxygen atoms in total. The highest BCUT2D eigenvalue weighted by molar-refractivity contribution is 9.10. The smallest absolute Gasteiger partial charge is 0.121 e. The van der Waals surface area contributed by atoms with Crippen molar-refractivity contribution in [2.45, 2.75) is 32.4 Å². The summed E-state index contributed by atoms with van der Waals surface area (Å²) in [7, 11) is 2.16. The van der Waals surface area contributed by atoms with Crippen molar-refractivity contribution in [1.29, 1.82) is 5.26 Å². The van der Waals surface area contributed by atoms with Gasteiger partial charge in [-0.15, -0.1) is 0 Å². The first-order chi connectivity index (χ1) is 7.63. The molecule has 1 heterocycles. The third-order valence-electron chi connectivity index (χ3n) is 3.27. The van der Waals surface area contributed by atoms with Crippen LogP contribution >= 0.6 is 15.9 Å². The van der Waals surface area contributed by atoms with Gasteiger partial charge in [-0.3, -0.25) is 0 Å². The van der Waals surface area contributed by atoms with Crippen molar-refractivity contribution >= 4 is 15.9 Å². The largest absolute Gasteiger partial charge is 0.334 e. The number of nitrogens with zero attached hydrogens (tertiary/aromatic N) is 3. The zero-order chi connectivity index (χ0) is 11.7. The van der Waals surface area contributed by atoms with Crippen LogP contribution in [0.15, 0.2) is 10.5 Å². The molecule has 0 radical (unpaired) electrons. The zero-order valence-corrected chi connectivity index (χ0v) is 11.3. The van der Waals surface area contributed by atoms with E-state index in [1.54, 1.807) is 0 Å². The van der Waals surface area contributed by atoms with Gasteiger partial charge >= 0.3 is 0 Å². The fraction of sp³-hybridized carbons (Fsp3) is 0.583. The summed E-state index contributed by atoms with van der Waals surface area (Å²) in [6.07, 6.45) is 2.66. The third-order valence-corrected chi connectivity index (χ3v) is 4.07. The van der Waals surface area contributed by atoms with Crippen LogP contribution in [0, 0.1) is 18.3 Å². The number of nitriles is 1. The minimum absolute atomic E-state index is 0.744. The van der Waals surface area contributed by atoms with E-state index in [9.17, 15) is 0 Å². The average Bonchev–Trinajstić information content (AvgIpc) is 3.06. The van der Waals surface area contributed by atoms with Crippen LogP contribution in [-0.2, 0) is 6.54 Å². The van der Waals surface area contributed by atoms with Gasteiger partial charge in [0, 0.05) is 29.3 Å². The van der Waals surface area contributed by atoms with E-state index in [-0.39, 0.29) is 0 Å². The predicted octanol–water partition coefficient (Wildman–Crippen LogP) is 2.52. The number of rotatable bonds is 4. The maximum absolute atomic E-state index is 9.04. The molecule has 0 saturated heterocycles. The second kappa shape index (κ2) is 4.60. The van der Waals surface area contributed by atoms with Crippen molar-refractivity contribution in [1.82, 2.24) is 9.47 Å². The van der Waals surface area contributed by atoms with E-state index in [1.807, 2.05) is 13.0 Å². The molecule has 0 unspecified atom stereocenters. The van der Waals surface area contributed by atoms with E-state index >= 15 is 0 Å². The van der Waals surface area contributed by atoms with Crippen LogP contribution in [0.25, 0.3) is 0 Å². The molecule has 2 rings (SSSR count). The Balaban J connectivity index is 2.05. The number of aromatic nitrogens is 1. The summed E-state index contributed by atoms with van der Waals surface area (Å²) in [5, 5.41) is 9.04. The lowest BCUT2D eigenvalue weighted by Crippen LogP contribution is -2.25. The van der Waals surface area contributed by atoms with Gasteiger partial charge in [0.2, 0.25) is 0 Å². The first-order valence-corrected chi connectivity index (χ1v) is 6.38. The molecule has 1 aromatic rings. The van der Waals surface area contributed by atoms with Gasteiger partial charge in [0.15, 0.2) is 0 Å². The first-order valence-electron chi connectivity index (χ1n) is 5.59. The molecular formula is C12H16BrN3. The first kappa shape index (κ1) is 11.7. The predicted molar refractivity (Wildman–Crippen MR) is 67.2 cm³/mol. The maximum Gasteiger partial charge on any atom is 0.121 e. The molecule has 0 spiro atoms. The van der Waals surface area contributed by atoms with E-state index in [4.69, 9.17) is 5.26 Å². The Morgan fingerprint density at radius 1 is 1.62 bits per heavy atom. The van der Waals surface area contributed by atoms with Gasteiger partial charge in [0.25, 0.3) is 0 Å². The highest BCUT2D eigenvalue weighted by atomic mass is 79.9. The van der Waals surface area contributed by atoms with Crippen molar-refractivity contribution < 1.29 is 0 Å². The molecule has 0 aliphatic heterocycles. The second-order valence-corrected chi connectivity index (χ2v) is 5.29. The molecule has 0 amide bonds. The quantitative estimate of drug-likeness (QED) is 0.850. The van der Waals surface area contributed by atoms with Gasteiger partial charge in [0.1, 0.15) is 11.8 Å². The molecule has 0 N–H and O–H groups in total. The summed E-state index contributed by atoms with van der Waals surface area (Å²) in [6.45, 7) is 3.96. The van der Waals surface area contributed by atoms with Crippen molar-refractivity contribution in [3.05, 3.63) is 21.9 Å². The summed E-state index contributed by atoms with van der Waals surface area (Å²) in [5.41, 5.74) is 1.88. The summed E-state index contributed by atoms with van der Waals surface area (Å²) in [6, 6.07) is 4.92. The van der Waals surface area contributed by atoms with Crippen molar-refractivity contribution in [3.63, 3.8) is 0 Å². The molecule has 0 aromatic carbocycles. The molecule has 86 valence electrons. The maximum atomic E-state index is 9.04. The van der Waals surface area contributed by atoms with E-state index in [0.29, 0.717) is 0 Å². The Morgan fingerprint density at radius 3 is 2.88 bits per heavy atom. The average molecular weight is 282 g/mol. The van der Waals surface area contributed by atoms with Crippen molar-refractivity contribution in [3.8, 4) is 6.07 Å². The van der Waals surface area contributed by atoms with E-state index in [2.05, 4.69) is 38.5 Å². The second-order valence-electron chi connectivity index (χ2n) is 4.44. The van der Waals surface area contributed by atoms with Gasteiger partial charge in [-0.05, 0) is 48.8 Å². The third kappa shape index (κ3) is 2.31. The highest BCUT2D eigenvalue weighted by Crippen LogP contribution is 2.26. The molecule has 0 bridgehead atoms. The fourth-order valence-corrected chi connectivity index (χ4v) is 2.38. The standard InChI is InChI=1S/C12H16BrN3/c1-9-12(13)7-11(8-14)16(9)6-5-15(2)10-3-4-10/h7,10H,3-6H2,1-2H3. The number of hydrogen-bond acceptors (Lipinski definition) is 2. The van der Waals surface area contributed by atoms with Gasteiger partial charge in [-0.1, -0.05) is 0 Å². The van der Waals surface area contributed by atoms with Crippen LogP contribution in [0.3, 0.4) is 0 Å². The molecule has 0 atom stereocenters. The zero-order valence-electron chi connectivity index (χ0n) is 9.70. The molecule has 1 fully saturated rings. The molecule has 1 aliphatic rings. The Labute approximate surface area is 105 Å². The van der Waals surface area contributed by atoms with Crippen LogP contribution < -0.4 is 0 Å². The summed E-state index contributed by atoms with van der Waals surface area (Å²) in [5.74, 6) is 0. The van der Waals surface area contributed by atoms with Crippen LogP contribution in [0.5, 0.6) is 0 Å². The lowest BCUT2D eigenvalue weighted by atomic mass is 10.4. The van der Waals surface area contributed by atoms with Gasteiger partial charge in [-0.25, -0.2) is 0 Å². The van der Waals surface area contributed by atoms with Gasteiger partial charge in [0.05, 0.1) is 0 Å². The Hall–Kier alpha value is -0.790. The monoisotopic (exact) mass is 281 g/mol. The molecule has 4 heteroatoms. The van der Waals surface area contributed by atoms with Crippen molar-refractivity contribution in [2.75, 3.05) is 13.6 Å². The summed E-state index contributed by atoms with van der Waals surface area (Å²) in [4.78, 5) is 2.38. The van der Waals surface area contributed by atoms with Gasteiger partial charge in [-0.2, -0.15) is 5.26 Å². The van der Waals surface area contributed by atoms with E-state index in [0.717, 1.165) is 35.0 Å². The van der Waals surface area contributed by atoms with Crippen LogP contribution in [0.1, 0.15) is 24.2 Å².